The van der Waals surface area contributed by atoms with E-state index < -0.39 is 0 Å². The van der Waals surface area contributed by atoms with Gasteiger partial charge in [-0.3, -0.25) is 0 Å². The van der Waals surface area contributed by atoms with Crippen molar-refractivity contribution < 1.29 is 9.13 Å². The number of benzene rings is 1. The van der Waals surface area contributed by atoms with Gasteiger partial charge in [-0.15, -0.1) is 0 Å². The first-order valence-corrected chi connectivity index (χ1v) is 4.77. The number of hydrogen-bond acceptors (Lipinski definition) is 1. The molecular weight excluding hydrogens is 166 g/mol. The summed E-state index contributed by atoms with van der Waals surface area (Å²) in [7, 11) is 1.35. The molecule has 0 bridgehead atoms. The normalized spacial score (nSPS) is 10.5. The van der Waals surface area contributed by atoms with Crippen LogP contribution in [0.15, 0.2) is 18.2 Å². The number of ether oxygens (including phenoxy) is 1. The molecule has 0 aromatic heterocycles. The monoisotopic (exact) mass is 181 g/mol. The van der Waals surface area contributed by atoms with E-state index in [1.165, 1.54) is 6.07 Å². The van der Waals surface area contributed by atoms with Crippen molar-refractivity contribution in [2.45, 2.75) is 19.7 Å². The third kappa shape index (κ3) is 2.76. The molecule has 0 radical (unpaired) electrons. The largest absolute Gasteiger partial charge is 0.500 e. The van der Waals surface area contributed by atoms with Crippen LogP contribution in [-0.4, -0.2) is 14.4 Å². The standard InChI is InChI=1S/C10H15BFO/c1-7(2)11-9-6-8(12)4-5-10(9)13-3/h4-7H,11H2,1-3H3/q-1. The maximum atomic E-state index is 12.9. The molecule has 0 aliphatic heterocycles. The first-order valence-electron chi connectivity index (χ1n) is 4.77. The summed E-state index contributed by atoms with van der Waals surface area (Å²) in [5.74, 6) is 1.30. The summed E-state index contributed by atoms with van der Waals surface area (Å²) in [6.45, 7) is 4.31. The summed E-state index contributed by atoms with van der Waals surface area (Å²) in [6, 6.07) is 4.74. The molecule has 1 aromatic carbocycles. The third-order valence-corrected chi connectivity index (χ3v) is 2.25. The summed E-state index contributed by atoms with van der Waals surface area (Å²) in [6.07, 6.45) is 0. The van der Waals surface area contributed by atoms with Gasteiger partial charge in [0.2, 0.25) is 0 Å². The molecule has 0 saturated carbocycles. The fourth-order valence-electron chi connectivity index (χ4n) is 1.69. The van der Waals surface area contributed by atoms with E-state index in [-0.39, 0.29) is 13.1 Å². The molecule has 0 fully saturated rings. The van der Waals surface area contributed by atoms with E-state index in [4.69, 9.17) is 4.74 Å². The number of methoxy groups -OCH3 is 1. The fourth-order valence-corrected chi connectivity index (χ4v) is 1.69. The van der Waals surface area contributed by atoms with Gasteiger partial charge in [-0.2, -0.15) is 11.3 Å². The van der Waals surface area contributed by atoms with Gasteiger partial charge in [-0.25, -0.2) is 4.39 Å². The number of rotatable bonds is 3. The van der Waals surface area contributed by atoms with Crippen LogP contribution in [0.1, 0.15) is 13.8 Å². The van der Waals surface area contributed by atoms with Crippen LogP contribution < -0.4 is 10.2 Å². The first kappa shape index (κ1) is 10.1. The molecule has 0 amide bonds. The van der Waals surface area contributed by atoms with E-state index in [1.54, 1.807) is 19.2 Å². The minimum atomic E-state index is -0.278. The SMILES string of the molecule is COc1ccc(F)cc1[BH2-]C(C)C. The van der Waals surface area contributed by atoms with Crippen LogP contribution in [0.4, 0.5) is 4.39 Å². The zero-order chi connectivity index (χ0) is 9.84. The van der Waals surface area contributed by atoms with Crippen molar-refractivity contribution in [2.24, 2.45) is 0 Å². The van der Waals surface area contributed by atoms with E-state index in [1.807, 2.05) is 0 Å². The lowest BCUT2D eigenvalue weighted by atomic mass is 9.60. The smallest absolute Gasteiger partial charge is 0.120 e. The van der Waals surface area contributed by atoms with E-state index in [0.29, 0.717) is 5.82 Å². The molecule has 0 heterocycles. The highest BCUT2D eigenvalue weighted by molar-refractivity contribution is 6.55. The predicted octanol–water partition coefficient (Wildman–Crippen LogP) is 1.46. The van der Waals surface area contributed by atoms with Crippen molar-refractivity contribution in [1.29, 1.82) is 0 Å². The molecule has 0 unspecified atom stereocenters. The second-order valence-corrected chi connectivity index (χ2v) is 4.13. The number of hydrogen-bond donors (Lipinski definition) is 0. The zero-order valence-electron chi connectivity index (χ0n) is 8.60. The average Bonchev–Trinajstić information content (AvgIpc) is 2.03. The Labute approximate surface area is 79.2 Å². The summed E-state index contributed by atoms with van der Waals surface area (Å²) >= 11 is 0. The summed E-state index contributed by atoms with van der Waals surface area (Å²) in [4.78, 5) is 0. The Balaban J connectivity index is 2.94. The van der Waals surface area contributed by atoms with Gasteiger partial charge in [0.1, 0.15) is 5.82 Å². The van der Waals surface area contributed by atoms with Crippen LogP contribution in [0, 0.1) is 5.82 Å². The minimum Gasteiger partial charge on any atom is -0.500 e. The molecule has 0 aliphatic carbocycles. The van der Waals surface area contributed by atoms with Gasteiger partial charge in [0.05, 0.1) is 12.9 Å². The quantitative estimate of drug-likeness (QED) is 0.641. The molecule has 0 atom stereocenters. The van der Waals surface area contributed by atoms with Gasteiger partial charge in [0.25, 0.3) is 0 Å². The molecule has 0 aliphatic rings. The Bertz CT molecular complexity index is 286. The Morgan fingerprint density at radius 1 is 1.38 bits per heavy atom. The summed E-state index contributed by atoms with van der Waals surface area (Å²) < 4.78 is 18.1. The fraction of sp³-hybridized carbons (Fsp3) is 0.400. The maximum Gasteiger partial charge on any atom is 0.120 e. The topological polar surface area (TPSA) is 9.23 Å². The average molecular weight is 181 g/mol. The highest BCUT2D eigenvalue weighted by Gasteiger charge is 2.00. The van der Waals surface area contributed by atoms with Gasteiger partial charge in [-0.05, 0) is 12.1 Å². The summed E-state index contributed by atoms with van der Waals surface area (Å²) in [5.41, 5.74) is 1.07. The zero-order valence-corrected chi connectivity index (χ0v) is 8.60. The lowest BCUT2D eigenvalue weighted by Crippen LogP contribution is -2.19. The van der Waals surface area contributed by atoms with Crippen molar-refractivity contribution >= 4 is 12.7 Å². The minimum absolute atomic E-state index is 0.166. The highest BCUT2D eigenvalue weighted by atomic mass is 19.1. The number of halogens is 1. The van der Waals surface area contributed by atoms with Crippen LogP contribution in [-0.2, 0) is 0 Å². The molecule has 0 spiro atoms. The maximum absolute atomic E-state index is 12.9. The molecule has 1 nitrogen and oxygen atoms in total. The van der Waals surface area contributed by atoms with Gasteiger partial charge < -0.3 is 4.74 Å². The second kappa shape index (κ2) is 4.31. The van der Waals surface area contributed by atoms with Crippen molar-refractivity contribution in [1.82, 2.24) is 0 Å². The first-order chi connectivity index (χ1) is 6.13. The van der Waals surface area contributed by atoms with E-state index in [2.05, 4.69) is 13.8 Å². The van der Waals surface area contributed by atoms with Crippen LogP contribution >= 0.6 is 0 Å². The molecular formula is C10H15BFO-. The Kier molecular flexibility index (Phi) is 3.35. The summed E-state index contributed by atoms with van der Waals surface area (Å²) in [5, 5.41) is 0. The van der Waals surface area contributed by atoms with Crippen LogP contribution in [0.25, 0.3) is 0 Å². The lowest BCUT2D eigenvalue weighted by Gasteiger charge is -2.15. The van der Waals surface area contributed by atoms with Gasteiger partial charge in [0.15, 0.2) is 0 Å². The van der Waals surface area contributed by atoms with Crippen molar-refractivity contribution in [3.63, 3.8) is 0 Å². The van der Waals surface area contributed by atoms with Gasteiger partial charge in [0, 0.05) is 7.28 Å². The third-order valence-electron chi connectivity index (χ3n) is 2.25. The molecule has 1 aromatic rings. The van der Waals surface area contributed by atoms with Crippen LogP contribution in [0.5, 0.6) is 5.75 Å². The van der Waals surface area contributed by atoms with Crippen molar-refractivity contribution in [3.8, 4) is 5.75 Å². The van der Waals surface area contributed by atoms with Crippen LogP contribution in [0.2, 0.25) is 5.82 Å². The Morgan fingerprint density at radius 2 is 2.08 bits per heavy atom. The molecule has 13 heavy (non-hydrogen) atoms. The van der Waals surface area contributed by atoms with Crippen molar-refractivity contribution in [2.75, 3.05) is 7.11 Å². The molecule has 0 saturated heterocycles. The van der Waals surface area contributed by atoms with E-state index >= 15 is 0 Å². The predicted molar refractivity (Wildman–Crippen MR) is 56.2 cm³/mol. The molecule has 1 rings (SSSR count). The second-order valence-electron chi connectivity index (χ2n) is 4.13. The Hall–Kier alpha value is -0.985. The lowest BCUT2D eigenvalue weighted by molar-refractivity contribution is 0.417. The van der Waals surface area contributed by atoms with Gasteiger partial charge >= 0.3 is 0 Å². The van der Waals surface area contributed by atoms with E-state index in [9.17, 15) is 4.39 Å². The molecule has 3 heteroatoms. The highest BCUT2D eigenvalue weighted by Crippen LogP contribution is 2.10. The van der Waals surface area contributed by atoms with Crippen LogP contribution in [0.3, 0.4) is 0 Å². The van der Waals surface area contributed by atoms with Gasteiger partial charge in [-0.1, -0.05) is 19.9 Å². The Morgan fingerprint density at radius 3 is 2.62 bits per heavy atom. The molecule has 0 N–H and O–H groups in total. The molecule has 72 valence electrons. The van der Waals surface area contributed by atoms with Crippen molar-refractivity contribution in [3.05, 3.63) is 24.0 Å². The van der Waals surface area contributed by atoms with E-state index in [0.717, 1.165) is 11.2 Å².